The molecule has 13 heteroatoms. The second-order valence-corrected chi connectivity index (χ2v) is 6.99. The summed E-state index contributed by atoms with van der Waals surface area (Å²) >= 11 is 12.0. The predicted octanol–water partition coefficient (Wildman–Crippen LogP) is 0.415. The van der Waals surface area contributed by atoms with Gasteiger partial charge in [-0.3, -0.25) is 29.4 Å². The fourth-order valence-corrected chi connectivity index (χ4v) is 3.17. The van der Waals surface area contributed by atoms with Gasteiger partial charge in [-0.25, -0.2) is 15.2 Å². The molecule has 3 aromatic rings. The van der Waals surface area contributed by atoms with Crippen LogP contribution in [0.4, 0.5) is 0 Å². The number of nitrogens with zero attached hydrogens (tertiary/aromatic N) is 5. The summed E-state index contributed by atoms with van der Waals surface area (Å²) in [7, 11) is 2.81. The minimum absolute atomic E-state index is 0.0978. The number of halogens is 2. The SMILES string of the molecule is Cn1c(=O)c2c(ncn2CC(=O)NC(=N)NN=Cc2c(Cl)cccc2Cl)n(C)c1=O. The van der Waals surface area contributed by atoms with Crippen LogP contribution < -0.4 is 22.0 Å². The smallest absolute Gasteiger partial charge is 0.315 e. The molecular weight excluding hydrogens is 435 g/mol. The van der Waals surface area contributed by atoms with E-state index in [1.54, 1.807) is 18.2 Å². The third kappa shape index (κ3) is 4.11. The lowest BCUT2D eigenvalue weighted by atomic mass is 10.2. The first-order valence-electron chi connectivity index (χ1n) is 8.43. The Morgan fingerprint density at radius 3 is 2.57 bits per heavy atom. The first-order chi connectivity index (χ1) is 14.2. The average molecular weight is 451 g/mol. The van der Waals surface area contributed by atoms with E-state index in [0.29, 0.717) is 15.6 Å². The number of aromatic nitrogens is 4. The van der Waals surface area contributed by atoms with Gasteiger partial charge in [-0.2, -0.15) is 5.10 Å². The molecular formula is C17H16Cl2N8O3. The number of hydrogen-bond acceptors (Lipinski definition) is 6. The molecule has 1 aromatic carbocycles. The van der Waals surface area contributed by atoms with Crippen molar-refractivity contribution in [2.75, 3.05) is 0 Å². The second kappa shape index (κ2) is 8.51. The van der Waals surface area contributed by atoms with Crippen LogP contribution in [0.2, 0.25) is 10.0 Å². The summed E-state index contributed by atoms with van der Waals surface area (Å²) in [5, 5.41) is 14.6. The summed E-state index contributed by atoms with van der Waals surface area (Å²) in [5.74, 6) is -1.00. The number of hydrogen-bond donors (Lipinski definition) is 3. The van der Waals surface area contributed by atoms with Crippen molar-refractivity contribution >= 4 is 52.4 Å². The number of guanidine groups is 1. The van der Waals surface area contributed by atoms with E-state index in [2.05, 4.69) is 20.8 Å². The van der Waals surface area contributed by atoms with Gasteiger partial charge in [0.1, 0.15) is 6.54 Å². The summed E-state index contributed by atoms with van der Waals surface area (Å²) in [4.78, 5) is 40.6. The molecule has 0 bridgehead atoms. The van der Waals surface area contributed by atoms with Crippen LogP contribution in [0.5, 0.6) is 0 Å². The zero-order valence-electron chi connectivity index (χ0n) is 15.8. The monoisotopic (exact) mass is 450 g/mol. The van der Waals surface area contributed by atoms with E-state index >= 15 is 0 Å². The Kier molecular flexibility index (Phi) is 6.04. The molecule has 0 aliphatic carbocycles. The quantitative estimate of drug-likeness (QED) is 0.300. The average Bonchev–Trinajstić information content (AvgIpc) is 3.10. The third-order valence-corrected chi connectivity index (χ3v) is 4.82. The molecule has 30 heavy (non-hydrogen) atoms. The Morgan fingerprint density at radius 1 is 1.23 bits per heavy atom. The molecule has 1 amide bonds. The van der Waals surface area contributed by atoms with Crippen molar-refractivity contribution in [3.05, 3.63) is 61.0 Å². The zero-order chi connectivity index (χ0) is 22.0. The van der Waals surface area contributed by atoms with E-state index in [9.17, 15) is 14.4 Å². The summed E-state index contributed by atoms with van der Waals surface area (Å²) in [6, 6.07) is 4.96. The highest BCUT2D eigenvalue weighted by Crippen LogP contribution is 2.21. The van der Waals surface area contributed by atoms with E-state index in [4.69, 9.17) is 28.6 Å². The molecule has 156 valence electrons. The molecule has 2 heterocycles. The normalized spacial score (nSPS) is 11.2. The standard InChI is InChI=1S/C17H16Cl2N8O3/c1-25-14-13(15(29)26(2)17(25)30)27(8-21-14)7-12(28)23-16(20)24-22-6-9-10(18)4-3-5-11(9)19/h3-6,8H,7H2,1-2H3,(H3,20,23,24,28). The van der Waals surface area contributed by atoms with Crippen LogP contribution in [-0.4, -0.2) is 36.8 Å². The molecule has 0 unspecified atom stereocenters. The lowest BCUT2D eigenvalue weighted by Crippen LogP contribution is -2.40. The maximum absolute atomic E-state index is 12.4. The zero-order valence-corrected chi connectivity index (χ0v) is 17.3. The van der Waals surface area contributed by atoms with Gasteiger partial charge in [0.25, 0.3) is 5.56 Å². The Balaban J connectivity index is 1.69. The maximum Gasteiger partial charge on any atom is 0.332 e. The lowest BCUT2D eigenvalue weighted by Gasteiger charge is -2.08. The van der Waals surface area contributed by atoms with Gasteiger partial charge in [-0.1, -0.05) is 29.3 Å². The Morgan fingerprint density at radius 2 is 1.90 bits per heavy atom. The maximum atomic E-state index is 12.4. The first-order valence-corrected chi connectivity index (χ1v) is 9.18. The molecule has 11 nitrogen and oxygen atoms in total. The molecule has 0 spiro atoms. The summed E-state index contributed by atoms with van der Waals surface area (Å²) < 4.78 is 3.44. The Bertz CT molecular complexity index is 1280. The first kappa shape index (κ1) is 21.3. The van der Waals surface area contributed by atoms with Gasteiger partial charge in [0.2, 0.25) is 11.9 Å². The highest BCUT2D eigenvalue weighted by molar-refractivity contribution is 6.38. The number of carbonyl (C=O) groups is 1. The van der Waals surface area contributed by atoms with Crippen LogP contribution in [0.3, 0.4) is 0 Å². The second-order valence-electron chi connectivity index (χ2n) is 6.18. The van der Waals surface area contributed by atoms with Crippen molar-refractivity contribution in [3.8, 4) is 0 Å². The van der Waals surface area contributed by atoms with Crippen molar-refractivity contribution in [1.29, 1.82) is 5.41 Å². The minimum atomic E-state index is -0.603. The largest absolute Gasteiger partial charge is 0.332 e. The molecule has 0 aliphatic heterocycles. The van der Waals surface area contributed by atoms with Crippen molar-refractivity contribution < 1.29 is 4.79 Å². The van der Waals surface area contributed by atoms with Gasteiger partial charge in [-0.05, 0) is 12.1 Å². The molecule has 0 fully saturated rings. The van der Waals surface area contributed by atoms with Gasteiger partial charge < -0.3 is 4.57 Å². The van der Waals surface area contributed by atoms with Crippen molar-refractivity contribution in [2.45, 2.75) is 6.54 Å². The van der Waals surface area contributed by atoms with Crippen LogP contribution in [0.25, 0.3) is 11.2 Å². The molecule has 0 atom stereocenters. The van der Waals surface area contributed by atoms with Crippen molar-refractivity contribution in [2.24, 2.45) is 19.2 Å². The van der Waals surface area contributed by atoms with E-state index in [-0.39, 0.29) is 17.7 Å². The number of imidazole rings is 1. The molecule has 0 saturated carbocycles. The number of hydrazone groups is 1. The molecule has 0 aliphatic rings. The number of fused-ring (bicyclic) bond motifs is 1. The molecule has 0 saturated heterocycles. The topological polar surface area (TPSA) is 139 Å². The van der Waals surface area contributed by atoms with Crippen molar-refractivity contribution in [3.63, 3.8) is 0 Å². The molecule has 0 radical (unpaired) electrons. The van der Waals surface area contributed by atoms with E-state index < -0.39 is 23.1 Å². The number of benzene rings is 1. The molecule has 2 aromatic heterocycles. The van der Waals surface area contributed by atoms with E-state index in [1.165, 1.54) is 35.8 Å². The summed E-state index contributed by atoms with van der Waals surface area (Å²) in [5.41, 5.74) is 1.95. The fourth-order valence-electron chi connectivity index (χ4n) is 2.67. The number of aryl methyl sites for hydroxylation is 1. The lowest BCUT2D eigenvalue weighted by molar-refractivity contribution is -0.120. The van der Waals surface area contributed by atoms with Crippen LogP contribution in [0.15, 0.2) is 39.2 Å². The number of carbonyl (C=O) groups excluding carboxylic acids is 1. The number of nitrogens with one attached hydrogen (secondary N) is 3. The van der Waals surface area contributed by atoms with E-state index in [1.807, 2.05) is 0 Å². The highest BCUT2D eigenvalue weighted by Gasteiger charge is 2.16. The van der Waals surface area contributed by atoms with Gasteiger partial charge in [0, 0.05) is 19.7 Å². The Hall–Kier alpha value is -3.44. The Labute approximate surface area is 179 Å². The van der Waals surface area contributed by atoms with Crippen molar-refractivity contribution in [1.82, 2.24) is 29.4 Å². The van der Waals surface area contributed by atoms with E-state index in [0.717, 1.165) is 4.57 Å². The van der Waals surface area contributed by atoms with Gasteiger partial charge in [0.05, 0.1) is 22.6 Å². The summed E-state index contributed by atoms with van der Waals surface area (Å²) in [6.45, 7) is -0.298. The van der Waals surface area contributed by atoms with Crippen LogP contribution in [0, 0.1) is 5.41 Å². The summed E-state index contributed by atoms with van der Waals surface area (Å²) in [6.07, 6.45) is 2.60. The molecule has 3 rings (SSSR count). The van der Waals surface area contributed by atoms with Gasteiger partial charge in [0.15, 0.2) is 11.2 Å². The predicted molar refractivity (Wildman–Crippen MR) is 113 cm³/mol. The van der Waals surface area contributed by atoms with Crippen LogP contribution in [0.1, 0.15) is 5.56 Å². The molecule has 3 N–H and O–H groups in total. The van der Waals surface area contributed by atoms with Crippen LogP contribution in [-0.2, 0) is 25.4 Å². The number of amides is 1. The van der Waals surface area contributed by atoms with Crippen LogP contribution >= 0.6 is 23.2 Å². The highest BCUT2D eigenvalue weighted by atomic mass is 35.5. The number of rotatable bonds is 4. The third-order valence-electron chi connectivity index (χ3n) is 4.17. The minimum Gasteiger partial charge on any atom is -0.315 e. The fraction of sp³-hybridized carbons (Fsp3) is 0.176. The van der Waals surface area contributed by atoms with Gasteiger partial charge in [-0.15, -0.1) is 0 Å². The van der Waals surface area contributed by atoms with Gasteiger partial charge >= 0.3 is 5.69 Å².